The summed E-state index contributed by atoms with van der Waals surface area (Å²) in [6, 6.07) is 9.07. The molecule has 2 aromatic heterocycles. The van der Waals surface area contributed by atoms with Crippen molar-refractivity contribution in [3.63, 3.8) is 0 Å². The van der Waals surface area contributed by atoms with Crippen molar-refractivity contribution >= 4 is 5.91 Å². The van der Waals surface area contributed by atoms with E-state index >= 15 is 0 Å². The van der Waals surface area contributed by atoms with Crippen LogP contribution in [0, 0.1) is 25.6 Å². The number of H-pyrrole nitrogens is 1. The van der Waals surface area contributed by atoms with Gasteiger partial charge >= 0.3 is 6.36 Å². The Morgan fingerprint density at radius 3 is 2.57 bits per heavy atom. The van der Waals surface area contributed by atoms with Gasteiger partial charge in [-0.1, -0.05) is 12.1 Å². The summed E-state index contributed by atoms with van der Waals surface area (Å²) >= 11 is 0. The zero-order valence-corrected chi connectivity index (χ0v) is 19.5. The average Bonchev–Trinajstić information content (AvgIpc) is 3.20. The van der Waals surface area contributed by atoms with Crippen LogP contribution in [0.15, 0.2) is 42.6 Å². The second-order valence-electron chi connectivity index (χ2n) is 9.01. The molecule has 35 heavy (non-hydrogen) atoms. The summed E-state index contributed by atoms with van der Waals surface area (Å²) in [6.45, 7) is 3.83. The number of pyridine rings is 1. The number of aryl methyl sites for hydroxylation is 2. The summed E-state index contributed by atoms with van der Waals surface area (Å²) in [6.07, 6.45) is 0.0977. The minimum absolute atomic E-state index is 0.132. The number of carbonyl (C=O) groups is 1. The first-order valence-corrected chi connectivity index (χ1v) is 11.6. The minimum Gasteiger partial charge on any atom is -0.405 e. The Morgan fingerprint density at radius 1 is 1.14 bits per heavy atom. The van der Waals surface area contributed by atoms with Gasteiger partial charge in [-0.3, -0.25) is 9.78 Å². The van der Waals surface area contributed by atoms with E-state index in [4.69, 9.17) is 0 Å². The van der Waals surface area contributed by atoms with Gasteiger partial charge in [-0.05, 0) is 81.2 Å². The van der Waals surface area contributed by atoms with Crippen LogP contribution < -0.4 is 10.1 Å². The second kappa shape index (κ2) is 10.1. The van der Waals surface area contributed by atoms with Gasteiger partial charge < -0.3 is 15.0 Å². The number of hydrogen-bond acceptors (Lipinski definition) is 3. The van der Waals surface area contributed by atoms with E-state index in [1.54, 1.807) is 38.2 Å². The standard InChI is InChI=1S/C26H27F4N3O2/c1-15-13-21(24(33-15)20-5-3-4-6-22(20)35-26(28,29)30)25(34)32-14-17-7-9-18(10-8-17)19-11-12-31-16(2)23(19)27/h3-6,11-13,17-18,33H,7-10,14H2,1-2H3,(H,32,34). The molecule has 1 fully saturated rings. The summed E-state index contributed by atoms with van der Waals surface area (Å²) in [4.78, 5) is 20.0. The number of para-hydroxylation sites is 1. The molecule has 9 heteroatoms. The van der Waals surface area contributed by atoms with Crippen molar-refractivity contribution in [2.24, 2.45) is 5.92 Å². The minimum atomic E-state index is -4.85. The molecule has 3 aromatic rings. The van der Waals surface area contributed by atoms with Crippen molar-refractivity contribution in [2.45, 2.75) is 51.8 Å². The molecule has 1 aromatic carbocycles. The maximum atomic E-state index is 14.4. The van der Waals surface area contributed by atoms with Gasteiger partial charge in [-0.25, -0.2) is 4.39 Å². The lowest BCUT2D eigenvalue weighted by atomic mass is 9.78. The molecule has 0 unspecified atom stereocenters. The number of nitrogens with one attached hydrogen (secondary N) is 2. The smallest absolute Gasteiger partial charge is 0.405 e. The maximum Gasteiger partial charge on any atom is 0.573 e. The Kier molecular flexibility index (Phi) is 7.14. The van der Waals surface area contributed by atoms with Crippen molar-refractivity contribution in [1.82, 2.24) is 15.3 Å². The summed E-state index contributed by atoms with van der Waals surface area (Å²) in [5.41, 5.74) is 2.42. The topological polar surface area (TPSA) is 67.0 Å². The quantitative estimate of drug-likeness (QED) is 0.392. The largest absolute Gasteiger partial charge is 0.573 e. The molecule has 186 valence electrons. The Bertz CT molecular complexity index is 1200. The van der Waals surface area contributed by atoms with E-state index in [1.165, 1.54) is 18.2 Å². The van der Waals surface area contributed by atoms with Crippen LogP contribution in [0.1, 0.15) is 58.9 Å². The molecule has 0 bridgehead atoms. The number of halogens is 4. The maximum absolute atomic E-state index is 14.4. The van der Waals surface area contributed by atoms with E-state index in [-0.39, 0.29) is 46.1 Å². The van der Waals surface area contributed by atoms with Crippen molar-refractivity contribution < 1.29 is 27.1 Å². The van der Waals surface area contributed by atoms with Gasteiger partial charge in [0, 0.05) is 24.0 Å². The first-order valence-electron chi connectivity index (χ1n) is 11.6. The summed E-state index contributed by atoms with van der Waals surface area (Å²) in [5.74, 6) is -0.621. The third-order valence-electron chi connectivity index (χ3n) is 6.51. The van der Waals surface area contributed by atoms with Crippen LogP contribution >= 0.6 is 0 Å². The molecule has 5 nitrogen and oxygen atoms in total. The monoisotopic (exact) mass is 489 g/mol. The molecule has 1 aliphatic carbocycles. The molecule has 2 heterocycles. The van der Waals surface area contributed by atoms with E-state index in [0.29, 0.717) is 23.5 Å². The average molecular weight is 490 g/mol. The molecule has 1 amide bonds. The molecule has 1 aliphatic rings. The molecule has 0 spiro atoms. The fourth-order valence-electron chi connectivity index (χ4n) is 4.76. The van der Waals surface area contributed by atoms with Crippen LogP contribution in [0.3, 0.4) is 0 Å². The van der Waals surface area contributed by atoms with Gasteiger partial charge in [-0.2, -0.15) is 0 Å². The van der Waals surface area contributed by atoms with Gasteiger partial charge in [-0.15, -0.1) is 13.2 Å². The summed E-state index contributed by atoms with van der Waals surface area (Å²) in [7, 11) is 0. The van der Waals surface area contributed by atoms with E-state index in [9.17, 15) is 22.4 Å². The second-order valence-corrected chi connectivity index (χ2v) is 9.01. The van der Waals surface area contributed by atoms with Gasteiger partial charge in [0.1, 0.15) is 11.6 Å². The molecular weight excluding hydrogens is 462 g/mol. The summed E-state index contributed by atoms with van der Waals surface area (Å²) in [5, 5.41) is 2.93. The van der Waals surface area contributed by atoms with Crippen molar-refractivity contribution in [3.8, 4) is 17.0 Å². The fourth-order valence-corrected chi connectivity index (χ4v) is 4.76. The molecule has 0 atom stereocenters. The first kappa shape index (κ1) is 24.8. The number of alkyl halides is 3. The zero-order chi connectivity index (χ0) is 25.2. The van der Waals surface area contributed by atoms with Crippen molar-refractivity contribution in [2.75, 3.05) is 6.54 Å². The number of ether oxygens (including phenoxy) is 1. The number of amides is 1. The zero-order valence-electron chi connectivity index (χ0n) is 19.5. The van der Waals surface area contributed by atoms with Crippen LogP contribution in [0.5, 0.6) is 5.75 Å². The van der Waals surface area contributed by atoms with E-state index in [1.807, 2.05) is 0 Å². The van der Waals surface area contributed by atoms with Crippen LogP contribution in [-0.4, -0.2) is 28.8 Å². The Labute approximate surface area is 200 Å². The highest BCUT2D eigenvalue weighted by atomic mass is 19.4. The molecular formula is C26H27F4N3O2. The molecule has 0 radical (unpaired) electrons. The molecule has 1 saturated carbocycles. The van der Waals surface area contributed by atoms with Crippen molar-refractivity contribution in [1.29, 1.82) is 0 Å². The van der Waals surface area contributed by atoms with Crippen LogP contribution in [0.25, 0.3) is 11.3 Å². The van der Waals surface area contributed by atoms with Crippen molar-refractivity contribution in [3.05, 3.63) is 70.9 Å². The van der Waals surface area contributed by atoms with Gasteiger partial charge in [0.15, 0.2) is 0 Å². The van der Waals surface area contributed by atoms with E-state index in [2.05, 4.69) is 20.0 Å². The lowest BCUT2D eigenvalue weighted by Crippen LogP contribution is -2.31. The highest BCUT2D eigenvalue weighted by Gasteiger charge is 2.33. The number of carbonyl (C=O) groups excluding carboxylic acids is 1. The molecule has 0 saturated heterocycles. The lowest BCUT2D eigenvalue weighted by molar-refractivity contribution is -0.274. The SMILES string of the molecule is Cc1cc(C(=O)NCC2CCC(c3ccnc(C)c3F)CC2)c(-c2ccccc2OC(F)(F)F)[nH]1. The number of hydrogen-bond donors (Lipinski definition) is 2. The number of aromatic nitrogens is 2. The molecule has 0 aliphatic heterocycles. The Hall–Kier alpha value is -3.36. The first-order chi connectivity index (χ1) is 16.6. The molecule has 2 N–H and O–H groups in total. The van der Waals surface area contributed by atoms with Gasteiger partial charge in [0.05, 0.1) is 17.0 Å². The summed E-state index contributed by atoms with van der Waals surface area (Å²) < 4.78 is 57.2. The normalized spacial score (nSPS) is 18.3. The fraction of sp³-hybridized carbons (Fsp3) is 0.385. The number of nitrogens with zero attached hydrogens (tertiary/aromatic N) is 1. The van der Waals surface area contributed by atoms with Gasteiger partial charge in [0.25, 0.3) is 5.91 Å². The number of benzene rings is 1. The highest BCUT2D eigenvalue weighted by Crippen LogP contribution is 2.38. The third kappa shape index (κ3) is 5.83. The van der Waals surface area contributed by atoms with Crippen LogP contribution in [0.2, 0.25) is 0 Å². The highest BCUT2D eigenvalue weighted by molar-refractivity contribution is 6.01. The van der Waals surface area contributed by atoms with E-state index < -0.39 is 6.36 Å². The Balaban J connectivity index is 1.41. The third-order valence-corrected chi connectivity index (χ3v) is 6.51. The number of aromatic amines is 1. The van der Waals surface area contributed by atoms with Gasteiger partial charge in [0.2, 0.25) is 0 Å². The predicted molar refractivity (Wildman–Crippen MR) is 124 cm³/mol. The van der Waals surface area contributed by atoms with Crippen LogP contribution in [0.4, 0.5) is 17.6 Å². The molecule has 4 rings (SSSR count). The van der Waals surface area contributed by atoms with E-state index in [0.717, 1.165) is 25.7 Å². The Morgan fingerprint density at radius 2 is 1.86 bits per heavy atom. The van der Waals surface area contributed by atoms with Crippen LogP contribution in [-0.2, 0) is 0 Å². The predicted octanol–water partition coefficient (Wildman–Crippen LogP) is 6.44. The lowest BCUT2D eigenvalue weighted by Gasteiger charge is -2.29. The number of rotatable bonds is 6.